The summed E-state index contributed by atoms with van der Waals surface area (Å²) >= 11 is 0. The van der Waals surface area contributed by atoms with Crippen molar-refractivity contribution in [2.75, 3.05) is 38.0 Å². The van der Waals surface area contributed by atoms with E-state index in [-0.39, 0.29) is 6.03 Å². The van der Waals surface area contributed by atoms with Crippen LogP contribution in [0.1, 0.15) is 25.2 Å². The first-order valence-corrected chi connectivity index (χ1v) is 8.83. The molecule has 2 aromatic rings. The fourth-order valence-electron chi connectivity index (χ4n) is 3.82. The van der Waals surface area contributed by atoms with E-state index < -0.39 is 0 Å². The number of hydrogen-bond acceptors (Lipinski definition) is 4. The molecule has 2 aliphatic rings. The molecule has 0 radical (unpaired) electrons. The van der Waals surface area contributed by atoms with Crippen molar-refractivity contribution < 1.29 is 9.21 Å². The van der Waals surface area contributed by atoms with Gasteiger partial charge in [0, 0.05) is 32.2 Å². The molecular formula is C18H24N4O2. The number of anilines is 1. The third-order valence-electron chi connectivity index (χ3n) is 5.03. The number of carbonyl (C=O) groups is 1. The number of urea groups is 1. The minimum absolute atomic E-state index is 0.0153. The van der Waals surface area contributed by atoms with Crippen LogP contribution in [0.25, 0.3) is 11.1 Å². The second kappa shape index (κ2) is 6.43. The van der Waals surface area contributed by atoms with Crippen molar-refractivity contribution in [3.63, 3.8) is 0 Å². The summed E-state index contributed by atoms with van der Waals surface area (Å²) in [6.45, 7) is 7.10. The third-order valence-corrected chi connectivity index (χ3v) is 5.03. The Balaban J connectivity index is 1.35. The standard InChI is InChI=1S/C18H24N4O2/c1-13-19-16-10-15(4-5-17(16)24-13)20-18(23)22-9-6-14(12-22)11-21-7-2-3-8-21/h4-5,10,14H,2-3,6-9,11-12H2,1H3,(H,20,23)/t14-/m0/s1. The Morgan fingerprint density at radius 3 is 3.00 bits per heavy atom. The molecule has 6 heteroatoms. The second-order valence-corrected chi connectivity index (χ2v) is 6.95. The maximum Gasteiger partial charge on any atom is 0.321 e. The number of nitrogens with zero attached hydrogens (tertiary/aromatic N) is 3. The topological polar surface area (TPSA) is 61.6 Å². The molecule has 1 aromatic carbocycles. The van der Waals surface area contributed by atoms with Crippen LogP contribution in [0.15, 0.2) is 22.6 Å². The molecule has 2 aliphatic heterocycles. The van der Waals surface area contributed by atoms with Crippen molar-refractivity contribution >= 4 is 22.8 Å². The van der Waals surface area contributed by atoms with Crippen LogP contribution in [-0.4, -0.2) is 53.5 Å². The van der Waals surface area contributed by atoms with Crippen molar-refractivity contribution in [1.29, 1.82) is 0 Å². The fraction of sp³-hybridized carbons (Fsp3) is 0.556. The first kappa shape index (κ1) is 15.4. The van der Waals surface area contributed by atoms with E-state index in [1.54, 1.807) is 0 Å². The van der Waals surface area contributed by atoms with E-state index >= 15 is 0 Å². The van der Waals surface area contributed by atoms with E-state index in [0.717, 1.165) is 42.8 Å². The molecule has 1 N–H and O–H groups in total. The Bertz CT molecular complexity index is 736. The maximum atomic E-state index is 12.5. The molecule has 1 aromatic heterocycles. The van der Waals surface area contributed by atoms with Crippen LogP contribution in [0.3, 0.4) is 0 Å². The van der Waals surface area contributed by atoms with Gasteiger partial charge < -0.3 is 19.5 Å². The molecule has 2 fully saturated rings. The predicted molar refractivity (Wildman–Crippen MR) is 93.1 cm³/mol. The second-order valence-electron chi connectivity index (χ2n) is 6.95. The number of aromatic nitrogens is 1. The Kier molecular flexibility index (Phi) is 4.14. The highest BCUT2D eigenvalue weighted by atomic mass is 16.3. The fourth-order valence-corrected chi connectivity index (χ4v) is 3.82. The van der Waals surface area contributed by atoms with E-state index in [1.165, 1.54) is 25.9 Å². The van der Waals surface area contributed by atoms with Crippen LogP contribution in [0.2, 0.25) is 0 Å². The van der Waals surface area contributed by atoms with Gasteiger partial charge >= 0.3 is 6.03 Å². The minimum atomic E-state index is -0.0153. The number of nitrogens with one attached hydrogen (secondary N) is 1. The average Bonchev–Trinajstić information content (AvgIpc) is 3.27. The quantitative estimate of drug-likeness (QED) is 0.940. The molecule has 2 saturated heterocycles. The highest BCUT2D eigenvalue weighted by molar-refractivity contribution is 5.91. The van der Waals surface area contributed by atoms with Crippen LogP contribution in [0.5, 0.6) is 0 Å². The number of benzene rings is 1. The summed E-state index contributed by atoms with van der Waals surface area (Å²) in [6.07, 6.45) is 3.74. The summed E-state index contributed by atoms with van der Waals surface area (Å²) in [5, 5.41) is 2.99. The number of aryl methyl sites for hydroxylation is 1. The largest absolute Gasteiger partial charge is 0.441 e. The molecule has 128 valence electrons. The van der Waals surface area contributed by atoms with Gasteiger partial charge in [-0.2, -0.15) is 0 Å². The molecule has 0 unspecified atom stereocenters. The maximum absolute atomic E-state index is 12.5. The molecule has 3 heterocycles. The smallest absolute Gasteiger partial charge is 0.321 e. The van der Waals surface area contributed by atoms with E-state index in [2.05, 4.69) is 15.2 Å². The van der Waals surface area contributed by atoms with Gasteiger partial charge in [-0.05, 0) is 56.5 Å². The molecular weight excluding hydrogens is 304 g/mol. The average molecular weight is 328 g/mol. The minimum Gasteiger partial charge on any atom is -0.441 e. The monoisotopic (exact) mass is 328 g/mol. The zero-order valence-electron chi connectivity index (χ0n) is 14.1. The SMILES string of the molecule is Cc1nc2cc(NC(=O)N3CC[C@@H](CN4CCCC4)C3)ccc2o1. The van der Waals surface area contributed by atoms with Gasteiger partial charge in [0.2, 0.25) is 0 Å². The summed E-state index contributed by atoms with van der Waals surface area (Å²) in [6, 6.07) is 5.56. The Labute approximate surface area is 141 Å². The predicted octanol–water partition coefficient (Wildman–Crippen LogP) is 3.09. The summed E-state index contributed by atoms with van der Waals surface area (Å²) in [7, 11) is 0. The Morgan fingerprint density at radius 2 is 2.17 bits per heavy atom. The van der Waals surface area contributed by atoms with Crippen molar-refractivity contribution in [2.24, 2.45) is 5.92 Å². The molecule has 0 spiro atoms. The van der Waals surface area contributed by atoms with Gasteiger partial charge in [0.1, 0.15) is 5.52 Å². The van der Waals surface area contributed by atoms with Crippen molar-refractivity contribution in [3.05, 3.63) is 24.1 Å². The van der Waals surface area contributed by atoms with Crippen LogP contribution >= 0.6 is 0 Å². The molecule has 24 heavy (non-hydrogen) atoms. The van der Waals surface area contributed by atoms with Crippen LogP contribution < -0.4 is 5.32 Å². The number of amides is 2. The first-order chi connectivity index (χ1) is 11.7. The molecule has 0 aliphatic carbocycles. The van der Waals surface area contributed by atoms with Gasteiger partial charge in [-0.15, -0.1) is 0 Å². The van der Waals surface area contributed by atoms with Crippen LogP contribution in [0.4, 0.5) is 10.5 Å². The number of carbonyl (C=O) groups excluding carboxylic acids is 1. The highest BCUT2D eigenvalue weighted by Gasteiger charge is 2.28. The summed E-state index contributed by atoms with van der Waals surface area (Å²) < 4.78 is 5.47. The first-order valence-electron chi connectivity index (χ1n) is 8.83. The van der Waals surface area contributed by atoms with Gasteiger partial charge in [-0.1, -0.05) is 0 Å². The molecule has 0 bridgehead atoms. The van der Waals surface area contributed by atoms with Gasteiger partial charge in [-0.25, -0.2) is 9.78 Å². The molecule has 6 nitrogen and oxygen atoms in total. The lowest BCUT2D eigenvalue weighted by Crippen LogP contribution is -2.34. The number of rotatable bonds is 3. The highest BCUT2D eigenvalue weighted by Crippen LogP contribution is 2.23. The van der Waals surface area contributed by atoms with Gasteiger partial charge in [0.05, 0.1) is 0 Å². The van der Waals surface area contributed by atoms with Gasteiger partial charge in [-0.3, -0.25) is 0 Å². The Morgan fingerprint density at radius 1 is 1.33 bits per heavy atom. The zero-order chi connectivity index (χ0) is 16.5. The Hall–Kier alpha value is -2.08. The lowest BCUT2D eigenvalue weighted by Gasteiger charge is -2.21. The van der Waals surface area contributed by atoms with Gasteiger partial charge in [0.15, 0.2) is 11.5 Å². The summed E-state index contributed by atoms with van der Waals surface area (Å²) in [4.78, 5) is 21.3. The molecule has 1 atom stereocenters. The summed E-state index contributed by atoms with van der Waals surface area (Å²) in [5.41, 5.74) is 2.29. The number of likely N-dealkylation sites (tertiary alicyclic amines) is 2. The van der Waals surface area contributed by atoms with Crippen molar-refractivity contribution in [3.8, 4) is 0 Å². The number of fused-ring (bicyclic) bond motifs is 1. The van der Waals surface area contributed by atoms with Crippen molar-refractivity contribution in [1.82, 2.24) is 14.8 Å². The molecule has 2 amide bonds. The normalized spacial score (nSPS) is 21.7. The number of hydrogen-bond donors (Lipinski definition) is 1. The zero-order valence-corrected chi connectivity index (χ0v) is 14.1. The van der Waals surface area contributed by atoms with Crippen molar-refractivity contribution in [2.45, 2.75) is 26.2 Å². The lowest BCUT2D eigenvalue weighted by atomic mass is 10.1. The van der Waals surface area contributed by atoms with Crippen LogP contribution in [-0.2, 0) is 0 Å². The van der Waals surface area contributed by atoms with E-state index in [0.29, 0.717) is 11.8 Å². The molecule has 0 saturated carbocycles. The van der Waals surface area contributed by atoms with Gasteiger partial charge in [0.25, 0.3) is 0 Å². The van der Waals surface area contributed by atoms with E-state index in [9.17, 15) is 4.79 Å². The van der Waals surface area contributed by atoms with Crippen LogP contribution in [0, 0.1) is 12.8 Å². The lowest BCUT2D eigenvalue weighted by molar-refractivity contribution is 0.217. The third kappa shape index (κ3) is 3.24. The molecule has 4 rings (SSSR count). The van der Waals surface area contributed by atoms with E-state index in [4.69, 9.17) is 4.42 Å². The number of oxazole rings is 1. The van der Waals surface area contributed by atoms with E-state index in [1.807, 2.05) is 30.0 Å². The summed E-state index contributed by atoms with van der Waals surface area (Å²) in [5.74, 6) is 1.24.